The van der Waals surface area contributed by atoms with Crippen LogP contribution in [0.3, 0.4) is 0 Å². The molecular formula is C19H20BrNO3. The minimum atomic E-state index is -0.259. The third-order valence-electron chi connectivity index (χ3n) is 4.42. The van der Waals surface area contributed by atoms with Crippen molar-refractivity contribution in [3.8, 4) is 5.75 Å². The molecule has 5 heteroatoms. The molecule has 0 saturated heterocycles. The predicted octanol–water partition coefficient (Wildman–Crippen LogP) is 3.56. The van der Waals surface area contributed by atoms with Gasteiger partial charge in [-0.25, -0.2) is 0 Å². The summed E-state index contributed by atoms with van der Waals surface area (Å²) in [7, 11) is 3.10. The second-order valence-electron chi connectivity index (χ2n) is 5.89. The van der Waals surface area contributed by atoms with E-state index in [1.54, 1.807) is 7.11 Å². The Morgan fingerprint density at radius 3 is 2.62 bits per heavy atom. The van der Waals surface area contributed by atoms with Gasteiger partial charge in [0.1, 0.15) is 11.8 Å². The lowest BCUT2D eigenvalue weighted by molar-refractivity contribution is -0.148. The van der Waals surface area contributed by atoms with Gasteiger partial charge in [0.15, 0.2) is 0 Å². The zero-order valence-corrected chi connectivity index (χ0v) is 15.4. The number of methoxy groups -OCH3 is 2. The highest BCUT2D eigenvalue weighted by molar-refractivity contribution is 9.10. The standard InChI is InChI=1S/C19H20BrNO3/c1-23-18-8-7-13(9-16(18)20)11-21-12-15-6-4-3-5-14(15)10-17(21)19(22)24-2/h3-9,17H,10-12H2,1-2H3. The molecule has 2 aromatic rings. The van der Waals surface area contributed by atoms with Gasteiger partial charge < -0.3 is 9.47 Å². The Hall–Kier alpha value is -1.85. The van der Waals surface area contributed by atoms with Crippen LogP contribution in [0, 0.1) is 0 Å². The van der Waals surface area contributed by atoms with E-state index < -0.39 is 0 Å². The normalized spacial score (nSPS) is 17.2. The zero-order chi connectivity index (χ0) is 17.1. The Morgan fingerprint density at radius 2 is 1.96 bits per heavy atom. The molecule has 1 aliphatic rings. The number of hydrogen-bond donors (Lipinski definition) is 0. The van der Waals surface area contributed by atoms with Crippen LogP contribution in [-0.2, 0) is 29.0 Å². The van der Waals surface area contributed by atoms with E-state index in [-0.39, 0.29) is 12.0 Å². The van der Waals surface area contributed by atoms with Gasteiger partial charge >= 0.3 is 5.97 Å². The molecule has 0 amide bonds. The van der Waals surface area contributed by atoms with Gasteiger partial charge in [-0.15, -0.1) is 0 Å². The predicted molar refractivity (Wildman–Crippen MR) is 95.9 cm³/mol. The summed E-state index contributed by atoms with van der Waals surface area (Å²) in [5, 5.41) is 0. The van der Waals surface area contributed by atoms with Crippen molar-refractivity contribution in [3.63, 3.8) is 0 Å². The summed E-state index contributed by atoms with van der Waals surface area (Å²) >= 11 is 3.52. The molecular weight excluding hydrogens is 370 g/mol. The SMILES string of the molecule is COC(=O)C1Cc2ccccc2CN1Cc1ccc(OC)c(Br)c1. The van der Waals surface area contributed by atoms with E-state index in [2.05, 4.69) is 33.0 Å². The topological polar surface area (TPSA) is 38.8 Å². The van der Waals surface area contributed by atoms with Gasteiger partial charge in [0.25, 0.3) is 0 Å². The highest BCUT2D eigenvalue weighted by Gasteiger charge is 2.32. The first-order chi connectivity index (χ1) is 11.6. The van der Waals surface area contributed by atoms with Crippen LogP contribution in [0.15, 0.2) is 46.9 Å². The second-order valence-corrected chi connectivity index (χ2v) is 6.74. The summed E-state index contributed by atoms with van der Waals surface area (Å²) in [6.07, 6.45) is 0.681. The second kappa shape index (κ2) is 7.36. The number of carbonyl (C=O) groups is 1. The average molecular weight is 390 g/mol. The van der Waals surface area contributed by atoms with Gasteiger partial charge in [-0.3, -0.25) is 9.69 Å². The first kappa shape index (κ1) is 17.0. The fourth-order valence-electron chi connectivity index (χ4n) is 3.15. The van der Waals surface area contributed by atoms with Crippen LogP contribution in [0.25, 0.3) is 0 Å². The van der Waals surface area contributed by atoms with Gasteiger partial charge in [-0.05, 0) is 51.2 Å². The molecule has 1 heterocycles. The van der Waals surface area contributed by atoms with Crippen molar-refractivity contribution in [2.45, 2.75) is 25.6 Å². The van der Waals surface area contributed by atoms with E-state index in [0.717, 1.165) is 22.3 Å². The lowest BCUT2D eigenvalue weighted by atomic mass is 9.93. The molecule has 4 nitrogen and oxygen atoms in total. The molecule has 0 N–H and O–H groups in total. The van der Waals surface area contributed by atoms with Crippen LogP contribution in [0.1, 0.15) is 16.7 Å². The largest absolute Gasteiger partial charge is 0.496 e. The smallest absolute Gasteiger partial charge is 0.323 e. The van der Waals surface area contributed by atoms with Gasteiger partial charge in [-0.1, -0.05) is 30.3 Å². The van der Waals surface area contributed by atoms with Crippen molar-refractivity contribution in [3.05, 3.63) is 63.6 Å². The lowest BCUT2D eigenvalue weighted by Gasteiger charge is -2.35. The fraction of sp³-hybridized carbons (Fsp3) is 0.316. The maximum Gasteiger partial charge on any atom is 0.323 e. The minimum absolute atomic E-state index is 0.183. The van der Waals surface area contributed by atoms with Crippen molar-refractivity contribution in [2.24, 2.45) is 0 Å². The molecule has 0 radical (unpaired) electrons. The number of halogens is 1. The summed E-state index contributed by atoms with van der Waals surface area (Å²) in [6, 6.07) is 14.0. The Balaban J connectivity index is 1.86. The maximum atomic E-state index is 12.3. The molecule has 0 saturated carbocycles. The summed E-state index contributed by atoms with van der Waals surface area (Å²) in [5.41, 5.74) is 3.61. The van der Waals surface area contributed by atoms with Crippen molar-refractivity contribution < 1.29 is 14.3 Å². The Morgan fingerprint density at radius 1 is 1.21 bits per heavy atom. The third kappa shape index (κ3) is 3.47. The van der Waals surface area contributed by atoms with E-state index in [1.807, 2.05) is 30.3 Å². The zero-order valence-electron chi connectivity index (χ0n) is 13.8. The van der Waals surface area contributed by atoms with Gasteiger partial charge in [0.05, 0.1) is 18.7 Å². The molecule has 2 aromatic carbocycles. The van der Waals surface area contributed by atoms with Crippen molar-refractivity contribution >= 4 is 21.9 Å². The number of rotatable bonds is 4. The summed E-state index contributed by atoms with van der Waals surface area (Å²) in [4.78, 5) is 14.4. The molecule has 0 fully saturated rings. The van der Waals surface area contributed by atoms with E-state index in [4.69, 9.17) is 9.47 Å². The summed E-state index contributed by atoms with van der Waals surface area (Å²) in [6.45, 7) is 1.41. The van der Waals surface area contributed by atoms with Gasteiger partial charge in [0, 0.05) is 13.1 Å². The molecule has 1 unspecified atom stereocenters. The van der Waals surface area contributed by atoms with Crippen LogP contribution in [0.4, 0.5) is 0 Å². The number of hydrogen-bond acceptors (Lipinski definition) is 4. The molecule has 0 bridgehead atoms. The third-order valence-corrected chi connectivity index (χ3v) is 5.04. The molecule has 0 aromatic heterocycles. The number of esters is 1. The first-order valence-corrected chi connectivity index (χ1v) is 8.62. The molecule has 1 atom stereocenters. The Bertz CT molecular complexity index is 747. The van der Waals surface area contributed by atoms with E-state index in [0.29, 0.717) is 13.0 Å². The van der Waals surface area contributed by atoms with Gasteiger partial charge in [-0.2, -0.15) is 0 Å². The molecule has 0 spiro atoms. The number of carbonyl (C=O) groups excluding carboxylic acids is 1. The van der Waals surface area contributed by atoms with Crippen molar-refractivity contribution in [1.29, 1.82) is 0 Å². The number of ether oxygens (including phenoxy) is 2. The van der Waals surface area contributed by atoms with Crippen LogP contribution < -0.4 is 4.74 Å². The fourth-order valence-corrected chi connectivity index (χ4v) is 3.74. The molecule has 24 heavy (non-hydrogen) atoms. The van der Waals surface area contributed by atoms with Crippen LogP contribution in [0.5, 0.6) is 5.75 Å². The number of benzene rings is 2. The summed E-state index contributed by atoms with van der Waals surface area (Å²) < 4.78 is 11.2. The first-order valence-electron chi connectivity index (χ1n) is 7.83. The van der Waals surface area contributed by atoms with Crippen LogP contribution >= 0.6 is 15.9 Å². The molecule has 0 aliphatic carbocycles. The highest BCUT2D eigenvalue weighted by atomic mass is 79.9. The molecule has 3 rings (SSSR count). The molecule has 1 aliphatic heterocycles. The van der Waals surface area contributed by atoms with E-state index in [9.17, 15) is 4.79 Å². The highest BCUT2D eigenvalue weighted by Crippen LogP contribution is 2.29. The monoisotopic (exact) mass is 389 g/mol. The van der Waals surface area contributed by atoms with Crippen molar-refractivity contribution in [1.82, 2.24) is 4.90 Å². The van der Waals surface area contributed by atoms with Crippen LogP contribution in [0.2, 0.25) is 0 Å². The number of nitrogens with zero attached hydrogens (tertiary/aromatic N) is 1. The van der Waals surface area contributed by atoms with Gasteiger partial charge in [0.2, 0.25) is 0 Å². The Kier molecular flexibility index (Phi) is 5.21. The quantitative estimate of drug-likeness (QED) is 0.749. The minimum Gasteiger partial charge on any atom is -0.496 e. The van der Waals surface area contributed by atoms with E-state index in [1.165, 1.54) is 18.2 Å². The lowest BCUT2D eigenvalue weighted by Crippen LogP contribution is -2.45. The van der Waals surface area contributed by atoms with Crippen molar-refractivity contribution in [2.75, 3.05) is 14.2 Å². The van der Waals surface area contributed by atoms with E-state index >= 15 is 0 Å². The molecule has 126 valence electrons. The average Bonchev–Trinajstić information content (AvgIpc) is 2.60. The Labute approximate surface area is 150 Å². The van der Waals surface area contributed by atoms with Crippen LogP contribution in [-0.4, -0.2) is 31.1 Å². The maximum absolute atomic E-state index is 12.3. The number of fused-ring (bicyclic) bond motifs is 1. The summed E-state index contributed by atoms with van der Waals surface area (Å²) in [5.74, 6) is 0.615.